The number of amides is 2. The third-order valence-corrected chi connectivity index (χ3v) is 4.58. The van der Waals surface area contributed by atoms with Crippen LogP contribution in [0.5, 0.6) is 0 Å². The van der Waals surface area contributed by atoms with Gasteiger partial charge < -0.3 is 15.3 Å². The topological polar surface area (TPSA) is 69.6 Å². The molecule has 0 saturated carbocycles. The van der Waals surface area contributed by atoms with Gasteiger partial charge in [0.15, 0.2) is 0 Å². The molecule has 1 aliphatic rings. The SMILES string of the molecule is Cc1ccc(C(=O)N[C@@H]2CCN(C(=O)c3ccccc3)C[C@H]2O)c(F)c1. The maximum absolute atomic E-state index is 13.9. The quantitative estimate of drug-likeness (QED) is 0.885. The number of benzene rings is 2. The molecule has 2 aromatic carbocycles. The van der Waals surface area contributed by atoms with E-state index in [1.807, 2.05) is 6.07 Å². The highest BCUT2D eigenvalue weighted by Gasteiger charge is 2.32. The number of hydrogen-bond donors (Lipinski definition) is 2. The van der Waals surface area contributed by atoms with E-state index in [4.69, 9.17) is 0 Å². The van der Waals surface area contributed by atoms with Crippen LogP contribution in [0.3, 0.4) is 0 Å². The zero-order valence-corrected chi connectivity index (χ0v) is 14.5. The van der Waals surface area contributed by atoms with Crippen molar-refractivity contribution in [3.8, 4) is 0 Å². The Morgan fingerprint density at radius 2 is 1.92 bits per heavy atom. The maximum Gasteiger partial charge on any atom is 0.254 e. The summed E-state index contributed by atoms with van der Waals surface area (Å²) in [6.45, 7) is 2.27. The standard InChI is InChI=1S/C20H21FN2O3/c1-13-7-8-15(16(21)11-13)19(25)22-17-9-10-23(12-18(17)24)20(26)14-5-3-2-4-6-14/h2-8,11,17-18,24H,9-10,12H2,1H3,(H,22,25)/t17-,18-/m1/s1. The lowest BCUT2D eigenvalue weighted by molar-refractivity contribution is 0.0314. The van der Waals surface area contributed by atoms with E-state index in [0.29, 0.717) is 18.5 Å². The Labute approximate surface area is 151 Å². The van der Waals surface area contributed by atoms with Gasteiger partial charge in [-0.25, -0.2) is 4.39 Å². The molecule has 0 aromatic heterocycles. The molecule has 5 nitrogen and oxygen atoms in total. The van der Waals surface area contributed by atoms with E-state index < -0.39 is 23.9 Å². The van der Waals surface area contributed by atoms with Gasteiger partial charge in [-0.15, -0.1) is 0 Å². The molecule has 2 atom stereocenters. The minimum atomic E-state index is -0.908. The molecule has 0 bridgehead atoms. The first-order valence-corrected chi connectivity index (χ1v) is 8.55. The number of nitrogens with one attached hydrogen (secondary N) is 1. The van der Waals surface area contributed by atoms with Gasteiger partial charge in [0.2, 0.25) is 0 Å². The second-order valence-electron chi connectivity index (χ2n) is 6.54. The monoisotopic (exact) mass is 356 g/mol. The van der Waals surface area contributed by atoms with Gasteiger partial charge in [0.1, 0.15) is 5.82 Å². The fraction of sp³-hybridized carbons (Fsp3) is 0.300. The molecule has 3 rings (SSSR count). The summed E-state index contributed by atoms with van der Waals surface area (Å²) in [6, 6.07) is 12.7. The Morgan fingerprint density at radius 3 is 2.58 bits per heavy atom. The maximum atomic E-state index is 13.9. The molecule has 2 amide bonds. The summed E-state index contributed by atoms with van der Waals surface area (Å²) < 4.78 is 13.9. The van der Waals surface area contributed by atoms with E-state index in [1.54, 1.807) is 42.2 Å². The van der Waals surface area contributed by atoms with Crippen LogP contribution in [-0.4, -0.2) is 47.1 Å². The Morgan fingerprint density at radius 1 is 1.19 bits per heavy atom. The van der Waals surface area contributed by atoms with Crippen LogP contribution >= 0.6 is 0 Å². The first-order chi connectivity index (χ1) is 12.5. The number of aliphatic hydroxyl groups excluding tert-OH is 1. The minimum Gasteiger partial charge on any atom is -0.389 e. The first-order valence-electron chi connectivity index (χ1n) is 8.55. The summed E-state index contributed by atoms with van der Waals surface area (Å²) in [6.07, 6.45) is -0.507. The molecule has 0 radical (unpaired) electrons. The van der Waals surface area contributed by atoms with Crippen molar-refractivity contribution in [3.63, 3.8) is 0 Å². The summed E-state index contributed by atoms with van der Waals surface area (Å²) in [4.78, 5) is 26.3. The zero-order chi connectivity index (χ0) is 18.7. The average Bonchev–Trinajstić information content (AvgIpc) is 2.63. The van der Waals surface area contributed by atoms with Crippen LogP contribution in [0.25, 0.3) is 0 Å². The largest absolute Gasteiger partial charge is 0.389 e. The molecule has 6 heteroatoms. The van der Waals surface area contributed by atoms with Gasteiger partial charge in [0, 0.05) is 18.7 Å². The third kappa shape index (κ3) is 3.91. The van der Waals surface area contributed by atoms with Crippen LogP contribution in [0.15, 0.2) is 48.5 Å². The van der Waals surface area contributed by atoms with Gasteiger partial charge in [-0.05, 0) is 43.2 Å². The van der Waals surface area contributed by atoms with Crippen molar-refractivity contribution in [2.75, 3.05) is 13.1 Å². The number of nitrogens with zero attached hydrogens (tertiary/aromatic N) is 1. The van der Waals surface area contributed by atoms with Gasteiger partial charge in [-0.2, -0.15) is 0 Å². The molecule has 26 heavy (non-hydrogen) atoms. The summed E-state index contributed by atoms with van der Waals surface area (Å²) in [5.74, 6) is -1.30. The lowest BCUT2D eigenvalue weighted by Gasteiger charge is -2.36. The number of piperidine rings is 1. The molecule has 1 heterocycles. The van der Waals surface area contributed by atoms with Crippen LogP contribution in [0.1, 0.15) is 32.7 Å². The number of likely N-dealkylation sites (tertiary alicyclic amines) is 1. The van der Waals surface area contributed by atoms with Crippen molar-refractivity contribution >= 4 is 11.8 Å². The average molecular weight is 356 g/mol. The number of β-amino-alcohol motifs (C(OH)–C–C–N with tert-alkyl or cyclic N) is 1. The highest BCUT2D eigenvalue weighted by atomic mass is 19.1. The van der Waals surface area contributed by atoms with Crippen LogP contribution in [0.4, 0.5) is 4.39 Å². The van der Waals surface area contributed by atoms with Crippen molar-refractivity contribution in [1.82, 2.24) is 10.2 Å². The van der Waals surface area contributed by atoms with Gasteiger partial charge >= 0.3 is 0 Å². The van der Waals surface area contributed by atoms with Gasteiger partial charge in [0.25, 0.3) is 11.8 Å². The normalized spacial score (nSPS) is 19.9. The molecule has 2 aromatic rings. The molecule has 0 spiro atoms. The predicted molar refractivity (Wildman–Crippen MR) is 95.4 cm³/mol. The van der Waals surface area contributed by atoms with Crippen molar-refractivity contribution in [3.05, 3.63) is 71.0 Å². The van der Waals surface area contributed by atoms with Crippen molar-refractivity contribution in [2.45, 2.75) is 25.5 Å². The van der Waals surface area contributed by atoms with E-state index in [2.05, 4.69) is 5.32 Å². The van der Waals surface area contributed by atoms with Gasteiger partial charge in [-0.3, -0.25) is 9.59 Å². The van der Waals surface area contributed by atoms with Crippen LogP contribution < -0.4 is 5.32 Å². The van der Waals surface area contributed by atoms with Gasteiger partial charge in [0.05, 0.1) is 17.7 Å². The second kappa shape index (κ2) is 7.66. The van der Waals surface area contributed by atoms with Crippen LogP contribution in [0.2, 0.25) is 0 Å². The number of aliphatic hydroxyl groups is 1. The Hall–Kier alpha value is -2.73. The summed E-state index contributed by atoms with van der Waals surface area (Å²) >= 11 is 0. The van der Waals surface area contributed by atoms with Crippen molar-refractivity contribution < 1.29 is 19.1 Å². The molecule has 1 fully saturated rings. The number of halogens is 1. The van der Waals surface area contributed by atoms with Crippen molar-refractivity contribution in [2.24, 2.45) is 0 Å². The lowest BCUT2D eigenvalue weighted by Crippen LogP contribution is -2.55. The fourth-order valence-corrected chi connectivity index (χ4v) is 3.10. The summed E-state index contributed by atoms with van der Waals surface area (Å²) in [5.41, 5.74) is 1.24. The minimum absolute atomic E-state index is 0.0504. The van der Waals surface area contributed by atoms with E-state index in [0.717, 1.165) is 5.56 Å². The van der Waals surface area contributed by atoms with Crippen LogP contribution in [-0.2, 0) is 0 Å². The molecule has 1 aliphatic heterocycles. The van der Waals surface area contributed by atoms with E-state index in [9.17, 15) is 19.1 Å². The first kappa shape index (κ1) is 18.1. The molecule has 0 unspecified atom stereocenters. The Bertz CT molecular complexity index is 810. The second-order valence-corrected chi connectivity index (χ2v) is 6.54. The number of hydrogen-bond acceptors (Lipinski definition) is 3. The summed E-state index contributed by atoms with van der Waals surface area (Å²) in [7, 11) is 0. The molecule has 2 N–H and O–H groups in total. The highest BCUT2D eigenvalue weighted by molar-refractivity contribution is 5.95. The molecule has 0 aliphatic carbocycles. The zero-order valence-electron chi connectivity index (χ0n) is 14.5. The van der Waals surface area contributed by atoms with Gasteiger partial charge in [-0.1, -0.05) is 24.3 Å². The van der Waals surface area contributed by atoms with E-state index in [1.165, 1.54) is 12.1 Å². The highest BCUT2D eigenvalue weighted by Crippen LogP contribution is 2.16. The number of rotatable bonds is 3. The number of carbonyl (C=O) groups is 2. The van der Waals surface area contributed by atoms with Crippen molar-refractivity contribution in [1.29, 1.82) is 0 Å². The number of carbonyl (C=O) groups excluding carboxylic acids is 2. The van der Waals surface area contributed by atoms with E-state index in [-0.39, 0.29) is 18.0 Å². The predicted octanol–water partition coefficient (Wildman–Crippen LogP) is 2.14. The Kier molecular flexibility index (Phi) is 5.32. The summed E-state index contributed by atoms with van der Waals surface area (Å²) in [5, 5.41) is 13.0. The Balaban J connectivity index is 1.62. The molecular formula is C20H21FN2O3. The third-order valence-electron chi connectivity index (χ3n) is 4.58. The fourth-order valence-electron chi connectivity index (χ4n) is 3.10. The van der Waals surface area contributed by atoms with E-state index >= 15 is 0 Å². The molecule has 1 saturated heterocycles. The smallest absolute Gasteiger partial charge is 0.254 e. The molecular weight excluding hydrogens is 335 g/mol. The molecule has 136 valence electrons. The number of aryl methyl sites for hydroxylation is 1. The lowest BCUT2D eigenvalue weighted by atomic mass is 10.00. The van der Waals surface area contributed by atoms with Crippen LogP contribution in [0, 0.1) is 12.7 Å².